The first-order valence-electron chi connectivity index (χ1n) is 10.1. The Hall–Kier alpha value is -3.07. The SMILES string of the molecule is CN(c1nc(-c2ccncc2F)cc(=O)n1C)[C@@H]1[C@@H]2CN(C(=O)Cc3cccs3)C[C@@H]21. The number of halogens is 1. The number of fused-ring (bicyclic) bond motifs is 1. The Kier molecular flexibility index (Phi) is 4.85. The second kappa shape index (κ2) is 7.56. The Balaban J connectivity index is 1.32. The average Bonchev–Trinajstić information content (AvgIpc) is 3.11. The highest BCUT2D eigenvalue weighted by Crippen LogP contribution is 2.49. The minimum atomic E-state index is -0.514. The van der Waals surface area contributed by atoms with Gasteiger partial charge < -0.3 is 9.80 Å². The lowest BCUT2D eigenvalue weighted by atomic mass is 10.2. The molecule has 7 nitrogen and oxygen atoms in total. The summed E-state index contributed by atoms with van der Waals surface area (Å²) >= 11 is 1.60. The third kappa shape index (κ3) is 3.52. The smallest absolute Gasteiger partial charge is 0.255 e. The maximum Gasteiger partial charge on any atom is 0.255 e. The van der Waals surface area contributed by atoms with E-state index >= 15 is 0 Å². The van der Waals surface area contributed by atoms with Gasteiger partial charge in [-0.25, -0.2) is 9.37 Å². The topological polar surface area (TPSA) is 71.3 Å². The quantitative estimate of drug-likeness (QED) is 0.610. The molecule has 0 N–H and O–H groups in total. The van der Waals surface area contributed by atoms with Crippen LogP contribution in [-0.4, -0.2) is 51.5 Å². The van der Waals surface area contributed by atoms with E-state index in [4.69, 9.17) is 0 Å². The first-order chi connectivity index (χ1) is 14.9. The fourth-order valence-corrected chi connectivity index (χ4v) is 5.34. The van der Waals surface area contributed by atoms with E-state index in [1.807, 2.05) is 34.4 Å². The molecule has 31 heavy (non-hydrogen) atoms. The van der Waals surface area contributed by atoms with Crippen molar-refractivity contribution >= 4 is 23.2 Å². The minimum Gasteiger partial charge on any atom is -0.342 e. The Morgan fingerprint density at radius 1 is 1.32 bits per heavy atom. The summed E-state index contributed by atoms with van der Waals surface area (Å²) in [6.07, 6.45) is 3.05. The van der Waals surface area contributed by atoms with E-state index in [9.17, 15) is 14.0 Å². The van der Waals surface area contributed by atoms with Gasteiger partial charge in [-0.2, -0.15) is 0 Å². The van der Waals surface area contributed by atoms with Crippen LogP contribution in [0.2, 0.25) is 0 Å². The Morgan fingerprint density at radius 2 is 2.10 bits per heavy atom. The number of carbonyl (C=O) groups is 1. The molecule has 0 spiro atoms. The van der Waals surface area contributed by atoms with Crippen molar-refractivity contribution in [2.75, 3.05) is 25.0 Å². The standard InChI is InChI=1S/C22H22FN5O2S/c1-26-19(29)9-18(14-5-6-24-10-17(14)23)25-22(26)27(2)21-15-11-28(12-16(15)21)20(30)8-13-4-3-7-31-13/h3-7,9-10,15-16,21H,8,11-12H2,1-2H3/t15-,16+,21-. The van der Waals surface area contributed by atoms with Gasteiger partial charge in [-0.3, -0.25) is 19.1 Å². The summed E-state index contributed by atoms with van der Waals surface area (Å²) in [5, 5.41) is 1.98. The predicted molar refractivity (Wildman–Crippen MR) is 116 cm³/mol. The molecular weight excluding hydrogens is 417 g/mol. The fraction of sp³-hybridized carbons (Fsp3) is 0.364. The van der Waals surface area contributed by atoms with Crippen LogP contribution in [0, 0.1) is 17.7 Å². The van der Waals surface area contributed by atoms with Gasteiger partial charge in [-0.05, 0) is 17.5 Å². The molecule has 0 bridgehead atoms. The number of anilines is 1. The number of carbonyl (C=O) groups excluding carboxylic acids is 1. The zero-order chi connectivity index (χ0) is 21.7. The molecule has 160 valence electrons. The van der Waals surface area contributed by atoms with E-state index in [1.165, 1.54) is 22.9 Å². The van der Waals surface area contributed by atoms with Crippen LogP contribution < -0.4 is 10.5 Å². The summed E-state index contributed by atoms with van der Waals surface area (Å²) in [5.74, 6) is 0.859. The molecule has 1 aliphatic carbocycles. The Labute approximate surface area is 182 Å². The molecule has 2 aliphatic rings. The Morgan fingerprint density at radius 3 is 2.77 bits per heavy atom. The number of nitrogens with zero attached hydrogens (tertiary/aromatic N) is 5. The number of thiophene rings is 1. The number of rotatable bonds is 5. The third-order valence-electron chi connectivity index (χ3n) is 6.33. The maximum absolute atomic E-state index is 14.2. The van der Waals surface area contributed by atoms with Crippen LogP contribution in [0.3, 0.4) is 0 Å². The summed E-state index contributed by atoms with van der Waals surface area (Å²) < 4.78 is 15.7. The lowest BCUT2D eigenvalue weighted by Crippen LogP contribution is -2.38. The largest absolute Gasteiger partial charge is 0.342 e. The van der Waals surface area contributed by atoms with E-state index in [1.54, 1.807) is 18.4 Å². The van der Waals surface area contributed by atoms with Gasteiger partial charge in [0.2, 0.25) is 11.9 Å². The van der Waals surface area contributed by atoms with Gasteiger partial charge in [0, 0.05) is 67.8 Å². The van der Waals surface area contributed by atoms with Gasteiger partial charge in [0.05, 0.1) is 18.3 Å². The molecular formula is C22H22FN5O2S. The van der Waals surface area contributed by atoms with Gasteiger partial charge >= 0.3 is 0 Å². The number of piperidine rings is 1. The van der Waals surface area contributed by atoms with Gasteiger partial charge in [0.15, 0.2) is 5.82 Å². The van der Waals surface area contributed by atoms with Crippen molar-refractivity contribution in [3.63, 3.8) is 0 Å². The van der Waals surface area contributed by atoms with Crippen molar-refractivity contribution in [3.05, 3.63) is 63.1 Å². The van der Waals surface area contributed by atoms with Crippen molar-refractivity contribution in [3.8, 4) is 11.3 Å². The van der Waals surface area contributed by atoms with Crippen molar-refractivity contribution in [2.45, 2.75) is 12.5 Å². The highest BCUT2D eigenvalue weighted by molar-refractivity contribution is 7.10. The van der Waals surface area contributed by atoms with E-state index < -0.39 is 5.82 Å². The lowest BCUT2D eigenvalue weighted by Gasteiger charge is -2.26. The number of aromatic nitrogens is 3. The van der Waals surface area contributed by atoms with E-state index in [0.29, 0.717) is 29.9 Å². The Bertz CT molecular complexity index is 1180. The van der Waals surface area contributed by atoms with Crippen LogP contribution in [-0.2, 0) is 18.3 Å². The summed E-state index contributed by atoms with van der Waals surface area (Å²) in [6, 6.07) is 7.02. The summed E-state index contributed by atoms with van der Waals surface area (Å²) in [6.45, 7) is 1.44. The summed E-state index contributed by atoms with van der Waals surface area (Å²) in [7, 11) is 3.58. The van der Waals surface area contributed by atoms with Crippen molar-refractivity contribution in [2.24, 2.45) is 18.9 Å². The van der Waals surface area contributed by atoms with Crippen molar-refractivity contribution in [1.29, 1.82) is 0 Å². The van der Waals surface area contributed by atoms with E-state index in [0.717, 1.165) is 24.2 Å². The molecule has 0 aromatic carbocycles. The van der Waals surface area contributed by atoms with Crippen LogP contribution in [0.4, 0.5) is 10.3 Å². The number of amides is 1. The van der Waals surface area contributed by atoms with Crippen LogP contribution >= 0.6 is 11.3 Å². The van der Waals surface area contributed by atoms with Gasteiger partial charge in [-0.1, -0.05) is 6.07 Å². The molecule has 1 amide bonds. The molecule has 1 saturated heterocycles. The second-order valence-corrected chi connectivity index (χ2v) is 9.21. The summed E-state index contributed by atoms with van der Waals surface area (Å²) in [5.41, 5.74) is 0.300. The van der Waals surface area contributed by atoms with Crippen LogP contribution in [0.1, 0.15) is 4.88 Å². The van der Waals surface area contributed by atoms with Gasteiger partial charge in [0.25, 0.3) is 5.56 Å². The highest BCUT2D eigenvalue weighted by atomic mass is 32.1. The van der Waals surface area contributed by atoms with E-state index in [-0.39, 0.29) is 23.1 Å². The van der Waals surface area contributed by atoms with Crippen LogP contribution in [0.5, 0.6) is 0 Å². The van der Waals surface area contributed by atoms with Crippen LogP contribution in [0.15, 0.2) is 46.8 Å². The molecule has 0 radical (unpaired) electrons. The molecule has 2 fully saturated rings. The summed E-state index contributed by atoms with van der Waals surface area (Å²) in [4.78, 5) is 38.5. The minimum absolute atomic E-state index is 0.164. The third-order valence-corrected chi connectivity index (χ3v) is 7.21. The van der Waals surface area contributed by atoms with E-state index in [2.05, 4.69) is 9.97 Å². The zero-order valence-corrected chi connectivity index (χ0v) is 18.1. The average molecular weight is 440 g/mol. The first kappa shape index (κ1) is 19.9. The second-order valence-electron chi connectivity index (χ2n) is 8.18. The van der Waals surface area contributed by atoms with Crippen molar-refractivity contribution < 1.29 is 9.18 Å². The number of hydrogen-bond donors (Lipinski definition) is 0. The molecule has 9 heteroatoms. The highest BCUT2D eigenvalue weighted by Gasteiger charge is 2.59. The molecule has 3 atom stereocenters. The normalized spacial score (nSPS) is 21.8. The maximum atomic E-state index is 14.2. The fourth-order valence-electron chi connectivity index (χ4n) is 4.64. The molecule has 3 aromatic heterocycles. The molecule has 1 aliphatic heterocycles. The zero-order valence-electron chi connectivity index (χ0n) is 17.2. The van der Waals surface area contributed by atoms with Crippen LogP contribution in [0.25, 0.3) is 11.3 Å². The lowest BCUT2D eigenvalue weighted by molar-refractivity contribution is -0.129. The molecule has 4 heterocycles. The number of pyridine rings is 1. The molecule has 0 unspecified atom stereocenters. The van der Waals surface area contributed by atoms with Crippen molar-refractivity contribution in [1.82, 2.24) is 19.4 Å². The molecule has 1 saturated carbocycles. The predicted octanol–water partition coefficient (Wildman–Crippen LogP) is 2.18. The number of likely N-dealkylation sites (tertiary alicyclic amines) is 1. The van der Waals surface area contributed by atoms with Gasteiger partial charge in [-0.15, -0.1) is 11.3 Å². The number of hydrogen-bond acceptors (Lipinski definition) is 6. The molecule has 3 aromatic rings. The monoisotopic (exact) mass is 439 g/mol. The first-order valence-corrected chi connectivity index (χ1v) is 11.0. The van der Waals surface area contributed by atoms with Gasteiger partial charge in [0.1, 0.15) is 0 Å². The molecule has 5 rings (SSSR count).